The molecule has 0 fully saturated rings. The van der Waals surface area contributed by atoms with Crippen LogP contribution in [0.15, 0.2) is 65.0 Å². The van der Waals surface area contributed by atoms with Crippen LogP contribution in [0.1, 0.15) is 9.67 Å². The van der Waals surface area contributed by atoms with Crippen LogP contribution in [0.25, 0.3) is 10.1 Å². The van der Waals surface area contributed by atoms with Gasteiger partial charge in [0.15, 0.2) is 5.13 Å². The number of nitrogens with one attached hydrogen (secondary N) is 2. The molecule has 0 unspecified atom stereocenters. The molecule has 2 aromatic carbocycles. The number of carbonyl (C=O) groups is 1. The van der Waals surface area contributed by atoms with Crippen LogP contribution in [0.5, 0.6) is 0 Å². The minimum Gasteiger partial charge on any atom is -0.321 e. The number of carbonyl (C=O) groups excluding carboxylic acids is 1. The van der Waals surface area contributed by atoms with E-state index in [9.17, 15) is 13.2 Å². The number of hydrogen-bond acceptors (Lipinski definition) is 6. The highest BCUT2D eigenvalue weighted by Gasteiger charge is 2.18. The largest absolute Gasteiger partial charge is 0.321 e. The van der Waals surface area contributed by atoms with Gasteiger partial charge in [0.2, 0.25) is 0 Å². The summed E-state index contributed by atoms with van der Waals surface area (Å²) in [6.45, 7) is 0. The van der Waals surface area contributed by atoms with Crippen molar-refractivity contribution >= 4 is 82.1 Å². The lowest BCUT2D eigenvalue weighted by atomic mass is 10.2. The molecule has 0 bridgehead atoms. The van der Waals surface area contributed by atoms with Crippen LogP contribution in [0.3, 0.4) is 0 Å². The molecule has 10 heteroatoms. The molecule has 0 spiro atoms. The smallest absolute Gasteiger partial charge is 0.266 e. The van der Waals surface area contributed by atoms with Gasteiger partial charge in [-0.05, 0) is 52.9 Å². The number of aromatic nitrogens is 1. The van der Waals surface area contributed by atoms with E-state index >= 15 is 0 Å². The number of sulfonamides is 1. The second kappa shape index (κ2) is 7.78. The summed E-state index contributed by atoms with van der Waals surface area (Å²) in [5, 5.41) is 5.86. The van der Waals surface area contributed by atoms with Crippen molar-refractivity contribution in [3.8, 4) is 0 Å². The van der Waals surface area contributed by atoms with Crippen LogP contribution in [-0.4, -0.2) is 19.3 Å². The Balaban J connectivity index is 1.52. The molecule has 6 nitrogen and oxygen atoms in total. The molecular weight excluding hydrogens is 529 g/mol. The van der Waals surface area contributed by atoms with Gasteiger partial charge in [-0.2, -0.15) is 0 Å². The first-order valence-corrected chi connectivity index (χ1v) is 12.2. The third kappa shape index (κ3) is 3.90. The highest BCUT2D eigenvalue weighted by atomic mass is 127. The summed E-state index contributed by atoms with van der Waals surface area (Å²) < 4.78 is 29.1. The zero-order valence-corrected chi connectivity index (χ0v) is 18.7. The Bertz CT molecular complexity index is 1250. The number of rotatable bonds is 5. The molecule has 4 aromatic rings. The zero-order chi connectivity index (χ0) is 19.7. The van der Waals surface area contributed by atoms with Gasteiger partial charge in [0.1, 0.15) is 4.88 Å². The lowest BCUT2D eigenvalue weighted by Gasteiger charge is -2.07. The standard InChI is InChI=1S/C18H12IN3O3S3/c19-15-13-3-1-2-4-14(13)27-16(15)17(23)21-11-5-7-12(8-6-11)28(24,25)22-18-20-9-10-26-18/h1-10H,(H,20,22)(H,21,23). The van der Waals surface area contributed by atoms with Crippen molar-refractivity contribution in [1.29, 1.82) is 0 Å². The lowest BCUT2D eigenvalue weighted by Crippen LogP contribution is -2.14. The van der Waals surface area contributed by atoms with Crippen molar-refractivity contribution in [2.24, 2.45) is 0 Å². The van der Waals surface area contributed by atoms with Crippen molar-refractivity contribution in [2.75, 3.05) is 10.0 Å². The van der Waals surface area contributed by atoms with E-state index in [0.717, 1.165) is 13.7 Å². The lowest BCUT2D eigenvalue weighted by molar-refractivity contribution is 0.103. The maximum atomic E-state index is 12.7. The van der Waals surface area contributed by atoms with Gasteiger partial charge in [-0.25, -0.2) is 13.4 Å². The number of thiazole rings is 1. The van der Waals surface area contributed by atoms with E-state index in [4.69, 9.17) is 0 Å². The average molecular weight is 541 g/mol. The second-order valence-corrected chi connectivity index (χ2v) is 10.4. The number of benzene rings is 2. The van der Waals surface area contributed by atoms with Crippen LogP contribution < -0.4 is 10.0 Å². The third-order valence-corrected chi connectivity index (χ3v) is 8.65. The van der Waals surface area contributed by atoms with E-state index < -0.39 is 10.0 Å². The first-order chi connectivity index (χ1) is 13.4. The molecule has 1 amide bonds. The van der Waals surface area contributed by atoms with E-state index in [-0.39, 0.29) is 10.8 Å². The molecule has 0 saturated carbocycles. The molecule has 2 heterocycles. The summed E-state index contributed by atoms with van der Waals surface area (Å²) in [6, 6.07) is 13.9. The van der Waals surface area contributed by atoms with Crippen LogP contribution in [0.4, 0.5) is 10.8 Å². The van der Waals surface area contributed by atoms with Gasteiger partial charge in [-0.1, -0.05) is 18.2 Å². The zero-order valence-electron chi connectivity index (χ0n) is 14.0. The first kappa shape index (κ1) is 19.3. The van der Waals surface area contributed by atoms with E-state index in [1.807, 2.05) is 24.3 Å². The number of hydrogen-bond donors (Lipinski definition) is 2. The Morgan fingerprint density at radius 1 is 1.07 bits per heavy atom. The Labute approximate surface area is 182 Å². The SMILES string of the molecule is O=C(Nc1ccc(S(=O)(=O)Nc2nccs2)cc1)c1sc2ccccc2c1I. The summed E-state index contributed by atoms with van der Waals surface area (Å²) in [7, 11) is -3.72. The Hall–Kier alpha value is -2.02. The fourth-order valence-electron chi connectivity index (χ4n) is 2.51. The van der Waals surface area contributed by atoms with E-state index in [1.165, 1.54) is 41.0 Å². The highest BCUT2D eigenvalue weighted by Crippen LogP contribution is 2.33. The predicted molar refractivity (Wildman–Crippen MR) is 122 cm³/mol. The monoisotopic (exact) mass is 541 g/mol. The van der Waals surface area contributed by atoms with Gasteiger partial charge in [-0.3, -0.25) is 9.52 Å². The molecule has 142 valence electrons. The summed E-state index contributed by atoms with van der Waals surface area (Å²) in [6.07, 6.45) is 1.52. The number of amides is 1. The summed E-state index contributed by atoms with van der Waals surface area (Å²) in [5.41, 5.74) is 0.520. The van der Waals surface area contributed by atoms with E-state index in [2.05, 4.69) is 37.6 Å². The molecule has 0 radical (unpaired) electrons. The Kier molecular flexibility index (Phi) is 5.36. The average Bonchev–Trinajstić information content (AvgIpc) is 3.30. The van der Waals surface area contributed by atoms with Gasteiger partial charge in [-0.15, -0.1) is 22.7 Å². The Morgan fingerprint density at radius 3 is 2.50 bits per heavy atom. The molecule has 2 aromatic heterocycles. The molecule has 0 atom stereocenters. The van der Waals surface area contributed by atoms with E-state index in [0.29, 0.717) is 15.7 Å². The fraction of sp³-hybridized carbons (Fsp3) is 0. The topological polar surface area (TPSA) is 88.2 Å². The van der Waals surface area contributed by atoms with Crippen LogP contribution in [-0.2, 0) is 10.0 Å². The minimum atomic E-state index is -3.72. The number of nitrogens with zero attached hydrogens (tertiary/aromatic N) is 1. The van der Waals surface area contributed by atoms with Crippen molar-refractivity contribution in [3.63, 3.8) is 0 Å². The molecule has 2 N–H and O–H groups in total. The molecular formula is C18H12IN3O3S3. The minimum absolute atomic E-state index is 0.0946. The summed E-state index contributed by atoms with van der Waals surface area (Å²) in [4.78, 5) is 17.3. The van der Waals surface area contributed by atoms with E-state index in [1.54, 1.807) is 17.5 Å². The molecule has 0 aliphatic carbocycles. The van der Waals surface area contributed by atoms with Crippen molar-refractivity contribution in [3.05, 3.63) is 68.6 Å². The van der Waals surface area contributed by atoms with Crippen molar-refractivity contribution < 1.29 is 13.2 Å². The highest BCUT2D eigenvalue weighted by molar-refractivity contribution is 14.1. The Morgan fingerprint density at radius 2 is 1.82 bits per heavy atom. The van der Waals surface area contributed by atoms with Gasteiger partial charge >= 0.3 is 0 Å². The van der Waals surface area contributed by atoms with Crippen LogP contribution in [0, 0.1) is 3.57 Å². The van der Waals surface area contributed by atoms with Crippen LogP contribution >= 0.6 is 45.3 Å². The predicted octanol–water partition coefficient (Wildman–Crippen LogP) is 5.02. The van der Waals surface area contributed by atoms with Crippen molar-refractivity contribution in [2.45, 2.75) is 4.90 Å². The number of fused-ring (bicyclic) bond motifs is 1. The summed E-state index contributed by atoms with van der Waals surface area (Å²) in [5.74, 6) is -0.220. The third-order valence-electron chi connectivity index (χ3n) is 3.82. The normalized spacial score (nSPS) is 11.5. The second-order valence-electron chi connectivity index (χ2n) is 5.66. The number of thiophene rings is 1. The van der Waals surface area contributed by atoms with Gasteiger partial charge in [0.05, 0.1) is 4.90 Å². The fourth-order valence-corrected chi connectivity index (χ4v) is 6.52. The molecule has 0 aliphatic rings. The summed E-state index contributed by atoms with van der Waals surface area (Å²) >= 11 is 4.80. The van der Waals surface area contributed by atoms with Crippen molar-refractivity contribution in [1.82, 2.24) is 4.98 Å². The first-order valence-electron chi connectivity index (χ1n) is 7.95. The quantitative estimate of drug-likeness (QED) is 0.348. The number of anilines is 2. The molecule has 0 aliphatic heterocycles. The maximum Gasteiger partial charge on any atom is 0.266 e. The molecule has 4 rings (SSSR count). The van der Waals surface area contributed by atoms with Gasteiger partial charge in [0.25, 0.3) is 15.9 Å². The van der Waals surface area contributed by atoms with Gasteiger partial charge in [0, 0.05) is 30.9 Å². The van der Waals surface area contributed by atoms with Gasteiger partial charge < -0.3 is 5.32 Å². The van der Waals surface area contributed by atoms with Crippen LogP contribution in [0.2, 0.25) is 0 Å². The number of halogens is 1. The molecule has 0 saturated heterocycles. The molecule has 28 heavy (non-hydrogen) atoms. The maximum absolute atomic E-state index is 12.7.